The zero-order valence-corrected chi connectivity index (χ0v) is 7.45. The Morgan fingerprint density at radius 1 is 1.50 bits per heavy atom. The lowest BCUT2D eigenvalue weighted by Gasteiger charge is -1.95. The number of carbonyl (C=O) groups is 1. The molecule has 66 valence electrons. The Bertz CT molecular complexity index is 199. The standard InChI is InChI=1S/C7H8N2O.C2H6/c10-6-8-5-7-3-1-2-4-9-7;1-2/h1-4,6H,5H2,(H,8,10);1-2H3. The smallest absolute Gasteiger partial charge is 0.207 e. The van der Waals surface area contributed by atoms with Crippen LogP contribution in [-0.2, 0) is 11.3 Å². The summed E-state index contributed by atoms with van der Waals surface area (Å²) >= 11 is 0. The summed E-state index contributed by atoms with van der Waals surface area (Å²) in [5.41, 5.74) is 0.870. The summed E-state index contributed by atoms with van der Waals surface area (Å²) in [5.74, 6) is 0. The summed E-state index contributed by atoms with van der Waals surface area (Å²) in [6.07, 6.45) is 2.36. The molecule has 0 atom stereocenters. The van der Waals surface area contributed by atoms with Crippen LogP contribution in [0.15, 0.2) is 24.4 Å². The summed E-state index contributed by atoms with van der Waals surface area (Å²) in [6, 6.07) is 5.58. The Hall–Kier alpha value is -1.38. The second kappa shape index (κ2) is 7.72. The molecule has 1 aromatic heterocycles. The van der Waals surface area contributed by atoms with E-state index in [-0.39, 0.29) is 0 Å². The molecule has 1 heterocycles. The van der Waals surface area contributed by atoms with Crippen molar-refractivity contribution < 1.29 is 4.79 Å². The molecule has 1 N–H and O–H groups in total. The first-order valence-corrected chi connectivity index (χ1v) is 4.00. The molecule has 0 aliphatic carbocycles. The summed E-state index contributed by atoms with van der Waals surface area (Å²) in [5, 5.41) is 2.52. The third-order valence-corrected chi connectivity index (χ3v) is 1.09. The molecule has 0 aromatic carbocycles. The van der Waals surface area contributed by atoms with E-state index in [0.717, 1.165) is 5.69 Å². The predicted molar refractivity (Wildman–Crippen MR) is 48.5 cm³/mol. The van der Waals surface area contributed by atoms with E-state index in [1.807, 2.05) is 32.0 Å². The first kappa shape index (κ1) is 10.6. The van der Waals surface area contributed by atoms with E-state index in [4.69, 9.17) is 0 Å². The fourth-order valence-corrected chi connectivity index (χ4v) is 0.649. The minimum absolute atomic E-state index is 0.504. The van der Waals surface area contributed by atoms with Crippen LogP contribution in [0.5, 0.6) is 0 Å². The van der Waals surface area contributed by atoms with Crippen molar-refractivity contribution in [2.45, 2.75) is 20.4 Å². The second-order valence-corrected chi connectivity index (χ2v) is 1.82. The van der Waals surface area contributed by atoms with Crippen LogP contribution in [0.25, 0.3) is 0 Å². The number of hydrogen-bond acceptors (Lipinski definition) is 2. The van der Waals surface area contributed by atoms with Gasteiger partial charge in [0, 0.05) is 6.20 Å². The van der Waals surface area contributed by atoms with Crippen LogP contribution in [0.1, 0.15) is 19.5 Å². The second-order valence-electron chi connectivity index (χ2n) is 1.82. The highest BCUT2D eigenvalue weighted by Crippen LogP contribution is 1.90. The van der Waals surface area contributed by atoms with Crippen molar-refractivity contribution >= 4 is 6.41 Å². The first-order valence-electron chi connectivity index (χ1n) is 4.00. The Balaban J connectivity index is 0.000000561. The monoisotopic (exact) mass is 166 g/mol. The van der Waals surface area contributed by atoms with Crippen molar-refractivity contribution in [2.24, 2.45) is 0 Å². The zero-order valence-electron chi connectivity index (χ0n) is 7.45. The van der Waals surface area contributed by atoms with E-state index in [1.165, 1.54) is 0 Å². The minimum Gasteiger partial charge on any atom is -0.353 e. The third-order valence-electron chi connectivity index (χ3n) is 1.09. The van der Waals surface area contributed by atoms with Gasteiger partial charge in [0.15, 0.2) is 0 Å². The number of rotatable bonds is 3. The van der Waals surface area contributed by atoms with E-state index in [9.17, 15) is 4.79 Å². The van der Waals surface area contributed by atoms with Crippen molar-refractivity contribution in [1.29, 1.82) is 0 Å². The van der Waals surface area contributed by atoms with Gasteiger partial charge in [0.25, 0.3) is 0 Å². The molecule has 1 amide bonds. The van der Waals surface area contributed by atoms with Gasteiger partial charge in [-0.05, 0) is 12.1 Å². The molecule has 3 heteroatoms. The fourth-order valence-electron chi connectivity index (χ4n) is 0.649. The normalized spacial score (nSPS) is 7.83. The van der Waals surface area contributed by atoms with Crippen LogP contribution in [0.2, 0.25) is 0 Å². The molecule has 0 aliphatic heterocycles. The van der Waals surface area contributed by atoms with Crippen molar-refractivity contribution in [3.63, 3.8) is 0 Å². The van der Waals surface area contributed by atoms with Crippen molar-refractivity contribution in [3.05, 3.63) is 30.1 Å². The molecule has 1 aromatic rings. The topological polar surface area (TPSA) is 42.0 Å². The van der Waals surface area contributed by atoms with Crippen LogP contribution >= 0.6 is 0 Å². The van der Waals surface area contributed by atoms with E-state index in [2.05, 4.69) is 10.3 Å². The summed E-state index contributed by atoms with van der Waals surface area (Å²) in [7, 11) is 0. The van der Waals surface area contributed by atoms with Crippen LogP contribution < -0.4 is 5.32 Å². The predicted octanol–water partition coefficient (Wildman–Crippen LogP) is 1.35. The van der Waals surface area contributed by atoms with Crippen molar-refractivity contribution in [2.75, 3.05) is 0 Å². The lowest BCUT2D eigenvalue weighted by atomic mass is 10.3. The SMILES string of the molecule is CC.O=CNCc1ccccn1. The van der Waals surface area contributed by atoms with Gasteiger partial charge in [-0.3, -0.25) is 9.78 Å². The third kappa shape index (κ3) is 4.44. The van der Waals surface area contributed by atoms with Gasteiger partial charge in [0.2, 0.25) is 6.41 Å². The quantitative estimate of drug-likeness (QED) is 0.689. The van der Waals surface area contributed by atoms with Gasteiger partial charge in [-0.25, -0.2) is 0 Å². The molecule has 0 unspecified atom stereocenters. The molecule has 0 aliphatic rings. The molecule has 0 spiro atoms. The van der Waals surface area contributed by atoms with Crippen molar-refractivity contribution in [1.82, 2.24) is 10.3 Å². The number of carbonyl (C=O) groups excluding carboxylic acids is 1. The highest BCUT2D eigenvalue weighted by atomic mass is 16.1. The van der Waals surface area contributed by atoms with Crippen LogP contribution in [0.3, 0.4) is 0 Å². The summed E-state index contributed by atoms with van der Waals surface area (Å²) in [4.78, 5) is 13.8. The molecule has 0 fully saturated rings. The van der Waals surface area contributed by atoms with Crippen LogP contribution in [0, 0.1) is 0 Å². The summed E-state index contributed by atoms with van der Waals surface area (Å²) < 4.78 is 0. The van der Waals surface area contributed by atoms with Gasteiger partial charge in [0.1, 0.15) is 0 Å². The molecule has 0 radical (unpaired) electrons. The van der Waals surface area contributed by atoms with Gasteiger partial charge in [0.05, 0.1) is 12.2 Å². The van der Waals surface area contributed by atoms with Gasteiger partial charge in [-0.15, -0.1) is 0 Å². The van der Waals surface area contributed by atoms with E-state index >= 15 is 0 Å². The number of amides is 1. The average Bonchev–Trinajstić information content (AvgIpc) is 2.19. The van der Waals surface area contributed by atoms with Gasteiger partial charge in [-0.2, -0.15) is 0 Å². The van der Waals surface area contributed by atoms with Crippen molar-refractivity contribution in [3.8, 4) is 0 Å². The lowest BCUT2D eigenvalue weighted by molar-refractivity contribution is -0.109. The number of hydrogen-bond donors (Lipinski definition) is 1. The number of aromatic nitrogens is 1. The number of nitrogens with one attached hydrogen (secondary N) is 1. The Kier molecular flexibility index (Phi) is 6.84. The maximum atomic E-state index is 9.84. The minimum atomic E-state index is 0.504. The number of nitrogens with zero attached hydrogens (tertiary/aromatic N) is 1. The van der Waals surface area contributed by atoms with E-state index in [0.29, 0.717) is 13.0 Å². The molecule has 0 bridgehead atoms. The Morgan fingerprint density at radius 3 is 2.75 bits per heavy atom. The van der Waals surface area contributed by atoms with Crippen LogP contribution in [-0.4, -0.2) is 11.4 Å². The molecule has 12 heavy (non-hydrogen) atoms. The fraction of sp³-hybridized carbons (Fsp3) is 0.333. The molecule has 3 nitrogen and oxygen atoms in total. The Labute approximate surface area is 72.8 Å². The maximum absolute atomic E-state index is 9.84. The largest absolute Gasteiger partial charge is 0.353 e. The van der Waals surface area contributed by atoms with Gasteiger partial charge >= 0.3 is 0 Å². The Morgan fingerprint density at radius 2 is 2.25 bits per heavy atom. The van der Waals surface area contributed by atoms with Gasteiger partial charge in [-0.1, -0.05) is 19.9 Å². The molecular weight excluding hydrogens is 152 g/mol. The zero-order chi connectivity index (χ0) is 9.23. The van der Waals surface area contributed by atoms with Gasteiger partial charge < -0.3 is 5.32 Å². The van der Waals surface area contributed by atoms with E-state index < -0.39 is 0 Å². The average molecular weight is 166 g/mol. The summed E-state index contributed by atoms with van der Waals surface area (Å²) in [6.45, 7) is 4.50. The molecule has 0 saturated heterocycles. The molecule has 1 rings (SSSR count). The molecular formula is C9H14N2O. The molecule has 0 saturated carbocycles. The highest BCUT2D eigenvalue weighted by Gasteiger charge is 1.87. The van der Waals surface area contributed by atoms with Crippen LogP contribution in [0.4, 0.5) is 0 Å². The maximum Gasteiger partial charge on any atom is 0.207 e. The van der Waals surface area contributed by atoms with E-state index in [1.54, 1.807) is 6.20 Å². The lowest BCUT2D eigenvalue weighted by Crippen LogP contribution is -2.10. The highest BCUT2D eigenvalue weighted by molar-refractivity contribution is 5.45. The first-order chi connectivity index (χ1) is 5.93. The number of pyridine rings is 1.